The summed E-state index contributed by atoms with van der Waals surface area (Å²) in [6.07, 6.45) is 1.13. The Labute approximate surface area is 180 Å². The Morgan fingerprint density at radius 3 is 2.37 bits per heavy atom. The lowest BCUT2D eigenvalue weighted by Crippen LogP contribution is -2.52. The molecule has 0 radical (unpaired) electrons. The number of amides is 1. The molecule has 8 heteroatoms. The Morgan fingerprint density at radius 2 is 1.77 bits per heavy atom. The minimum absolute atomic E-state index is 0.0310. The first kappa shape index (κ1) is 22.7. The highest BCUT2D eigenvalue weighted by Crippen LogP contribution is 2.24. The number of hydrogen-bond donors (Lipinski definition) is 1. The van der Waals surface area contributed by atoms with E-state index in [4.69, 9.17) is 0 Å². The van der Waals surface area contributed by atoms with Crippen molar-refractivity contribution in [3.8, 4) is 0 Å². The zero-order valence-electron chi connectivity index (χ0n) is 18.7. The molecule has 0 aliphatic carbocycles. The average Bonchev–Trinajstić information content (AvgIpc) is 2.94. The Morgan fingerprint density at radius 1 is 1.13 bits per heavy atom. The zero-order chi connectivity index (χ0) is 22.1. The van der Waals surface area contributed by atoms with E-state index in [1.165, 1.54) is 0 Å². The van der Waals surface area contributed by atoms with Crippen LogP contribution < -0.4 is 4.72 Å². The number of hydrogen-bond acceptors (Lipinski definition) is 5. The maximum absolute atomic E-state index is 13.2. The van der Waals surface area contributed by atoms with Crippen LogP contribution in [0.15, 0.2) is 34.2 Å². The lowest BCUT2D eigenvalue weighted by atomic mass is 9.92. The summed E-state index contributed by atoms with van der Waals surface area (Å²) >= 11 is 0. The van der Waals surface area contributed by atoms with Crippen molar-refractivity contribution in [3.05, 3.63) is 29.8 Å². The van der Waals surface area contributed by atoms with Crippen LogP contribution in [0.3, 0.4) is 0 Å². The van der Waals surface area contributed by atoms with E-state index in [1.54, 1.807) is 24.3 Å². The van der Waals surface area contributed by atoms with E-state index in [2.05, 4.69) is 35.4 Å². The van der Waals surface area contributed by atoms with Crippen molar-refractivity contribution >= 4 is 21.8 Å². The van der Waals surface area contributed by atoms with Crippen molar-refractivity contribution in [2.75, 3.05) is 32.7 Å². The molecule has 1 aromatic carbocycles. The molecule has 166 valence electrons. The number of piperazine rings is 1. The highest BCUT2D eigenvalue weighted by Gasteiger charge is 2.34. The first-order chi connectivity index (χ1) is 14.0. The monoisotopic (exact) mass is 434 g/mol. The van der Waals surface area contributed by atoms with Crippen molar-refractivity contribution in [1.29, 1.82) is 0 Å². The van der Waals surface area contributed by atoms with E-state index in [1.807, 2.05) is 18.7 Å². The molecule has 3 rings (SSSR count). The van der Waals surface area contributed by atoms with Gasteiger partial charge < -0.3 is 4.90 Å². The van der Waals surface area contributed by atoms with Gasteiger partial charge in [-0.2, -0.15) is 0 Å². The standard InChI is InChI=1S/C22H34N4O3S/c1-16(2)19(23-20-17-8-6-7-9-18(17)30(28,29)24-20)21(27)26-14-12-25(13-15-26)11-10-22(3,4)5/h6-9,16,19H,10-15H2,1-5H3,(H,23,24)/t19-/m0/s1. The normalized spacial score (nSPS) is 21.5. The second kappa shape index (κ2) is 8.67. The number of fused-ring (bicyclic) bond motifs is 1. The van der Waals surface area contributed by atoms with Gasteiger partial charge in [-0.25, -0.2) is 8.42 Å². The van der Waals surface area contributed by atoms with Crippen molar-refractivity contribution in [3.63, 3.8) is 0 Å². The van der Waals surface area contributed by atoms with Crippen LogP contribution in [-0.4, -0.2) is 68.7 Å². The van der Waals surface area contributed by atoms with Gasteiger partial charge in [0, 0.05) is 31.7 Å². The lowest BCUT2D eigenvalue weighted by molar-refractivity contribution is -0.135. The molecule has 1 atom stereocenters. The summed E-state index contributed by atoms with van der Waals surface area (Å²) in [5.41, 5.74) is 0.833. The fourth-order valence-electron chi connectivity index (χ4n) is 3.73. The number of aliphatic imine (C=N–C) groups is 1. The van der Waals surface area contributed by atoms with E-state index in [9.17, 15) is 13.2 Å². The van der Waals surface area contributed by atoms with Gasteiger partial charge in [0.05, 0.1) is 4.90 Å². The van der Waals surface area contributed by atoms with E-state index < -0.39 is 16.1 Å². The summed E-state index contributed by atoms with van der Waals surface area (Å²) in [4.78, 5) is 22.3. The van der Waals surface area contributed by atoms with Gasteiger partial charge in [0.15, 0.2) is 0 Å². The largest absolute Gasteiger partial charge is 0.338 e. The number of benzene rings is 1. The van der Waals surface area contributed by atoms with Crippen molar-refractivity contribution < 1.29 is 13.2 Å². The maximum atomic E-state index is 13.2. The number of carbonyl (C=O) groups is 1. The highest BCUT2D eigenvalue weighted by atomic mass is 32.2. The third kappa shape index (κ3) is 5.21. The predicted octanol–water partition coefficient (Wildman–Crippen LogP) is 2.33. The number of amidine groups is 1. The van der Waals surface area contributed by atoms with E-state index in [0.717, 1.165) is 26.1 Å². The molecule has 1 amide bonds. The Balaban J connectivity index is 1.71. The summed E-state index contributed by atoms with van der Waals surface area (Å²) < 4.78 is 27.2. The fraction of sp³-hybridized carbons (Fsp3) is 0.636. The van der Waals surface area contributed by atoms with Crippen LogP contribution in [0.1, 0.15) is 46.6 Å². The van der Waals surface area contributed by atoms with Crippen LogP contribution in [0.25, 0.3) is 0 Å². The molecule has 0 bridgehead atoms. The summed E-state index contributed by atoms with van der Waals surface area (Å²) in [5.74, 6) is 0.194. The molecule has 1 saturated heterocycles. The van der Waals surface area contributed by atoms with Gasteiger partial charge in [0.25, 0.3) is 10.0 Å². The number of carbonyl (C=O) groups excluding carboxylic acids is 1. The van der Waals surface area contributed by atoms with Crippen molar-refractivity contribution in [1.82, 2.24) is 14.5 Å². The SMILES string of the molecule is CC(C)[C@H](N=C1NS(=O)(=O)c2ccccc21)C(=O)N1CCN(CCC(C)(C)C)CC1. The number of sulfonamides is 1. The second-order valence-corrected chi connectivity index (χ2v) is 11.4. The zero-order valence-corrected chi connectivity index (χ0v) is 19.5. The van der Waals surface area contributed by atoms with Gasteiger partial charge in [0.2, 0.25) is 5.91 Å². The van der Waals surface area contributed by atoms with Crippen LogP contribution >= 0.6 is 0 Å². The van der Waals surface area contributed by atoms with Gasteiger partial charge in [-0.15, -0.1) is 0 Å². The molecule has 0 spiro atoms. The molecule has 2 aliphatic rings. The Bertz CT molecular complexity index is 911. The summed E-state index contributed by atoms with van der Waals surface area (Å²) in [6, 6.07) is 6.13. The van der Waals surface area contributed by atoms with Gasteiger partial charge >= 0.3 is 0 Å². The summed E-state index contributed by atoms with van der Waals surface area (Å²) in [5, 5.41) is 0. The van der Waals surface area contributed by atoms with Crippen LogP contribution in [0, 0.1) is 11.3 Å². The van der Waals surface area contributed by atoms with Crippen molar-refractivity contribution in [2.45, 2.75) is 52.0 Å². The van der Waals surface area contributed by atoms with Crippen LogP contribution in [0.4, 0.5) is 0 Å². The summed E-state index contributed by atoms with van der Waals surface area (Å²) in [7, 11) is -3.61. The van der Waals surface area contributed by atoms with E-state index in [0.29, 0.717) is 24.1 Å². The minimum Gasteiger partial charge on any atom is -0.338 e. The molecule has 1 N–H and O–H groups in total. The van der Waals surface area contributed by atoms with E-state index in [-0.39, 0.29) is 22.6 Å². The molecule has 1 fully saturated rings. The fourth-order valence-corrected chi connectivity index (χ4v) is 4.97. The molecule has 2 aliphatic heterocycles. The molecule has 0 aromatic heterocycles. The molecule has 1 aromatic rings. The van der Waals surface area contributed by atoms with Crippen LogP contribution in [0.5, 0.6) is 0 Å². The smallest absolute Gasteiger partial charge is 0.263 e. The quantitative estimate of drug-likeness (QED) is 0.771. The van der Waals surface area contributed by atoms with Gasteiger partial charge in [0.1, 0.15) is 11.9 Å². The number of nitrogens with one attached hydrogen (secondary N) is 1. The van der Waals surface area contributed by atoms with Crippen molar-refractivity contribution in [2.24, 2.45) is 16.3 Å². The molecule has 7 nitrogen and oxygen atoms in total. The highest BCUT2D eigenvalue weighted by molar-refractivity contribution is 7.90. The average molecular weight is 435 g/mol. The minimum atomic E-state index is -3.61. The topological polar surface area (TPSA) is 82.1 Å². The van der Waals surface area contributed by atoms with Gasteiger partial charge in [-0.3, -0.25) is 19.4 Å². The Hall–Kier alpha value is -1.93. The third-order valence-electron chi connectivity index (χ3n) is 5.68. The number of rotatable bonds is 5. The number of nitrogens with zero attached hydrogens (tertiary/aromatic N) is 3. The molecular weight excluding hydrogens is 400 g/mol. The van der Waals surface area contributed by atoms with Crippen LogP contribution in [-0.2, 0) is 14.8 Å². The van der Waals surface area contributed by atoms with E-state index >= 15 is 0 Å². The summed E-state index contributed by atoms with van der Waals surface area (Å²) in [6.45, 7) is 14.7. The van der Waals surface area contributed by atoms with Crippen LogP contribution in [0.2, 0.25) is 0 Å². The molecular formula is C22H34N4O3S. The molecule has 0 unspecified atom stereocenters. The van der Waals surface area contributed by atoms with Gasteiger partial charge in [-0.05, 0) is 36.4 Å². The molecule has 30 heavy (non-hydrogen) atoms. The maximum Gasteiger partial charge on any atom is 0.263 e. The second-order valence-electron chi connectivity index (χ2n) is 9.75. The van der Waals surface area contributed by atoms with Gasteiger partial charge in [-0.1, -0.05) is 46.8 Å². The Kier molecular flexibility index (Phi) is 6.57. The first-order valence-corrected chi connectivity index (χ1v) is 12.2. The lowest BCUT2D eigenvalue weighted by Gasteiger charge is -2.37. The molecule has 0 saturated carbocycles. The first-order valence-electron chi connectivity index (χ1n) is 10.7. The predicted molar refractivity (Wildman–Crippen MR) is 119 cm³/mol. The third-order valence-corrected chi connectivity index (χ3v) is 7.07. The molecule has 2 heterocycles.